The Morgan fingerprint density at radius 2 is 2.14 bits per heavy atom. The lowest BCUT2D eigenvalue weighted by Crippen LogP contribution is -2.36. The van der Waals surface area contributed by atoms with Gasteiger partial charge in [-0.15, -0.1) is 0 Å². The predicted molar refractivity (Wildman–Crippen MR) is 85.4 cm³/mol. The second kappa shape index (κ2) is 5.45. The maximum absolute atomic E-state index is 12.3. The van der Waals surface area contributed by atoms with Crippen LogP contribution < -0.4 is 10.2 Å². The van der Waals surface area contributed by atoms with E-state index in [4.69, 9.17) is 5.73 Å². The first-order valence-electron chi connectivity index (χ1n) is 6.71. The molecule has 0 saturated heterocycles. The molecule has 1 aromatic carbocycles. The van der Waals surface area contributed by atoms with Crippen molar-refractivity contribution in [2.75, 3.05) is 7.05 Å². The highest BCUT2D eigenvalue weighted by Crippen LogP contribution is 2.13. The van der Waals surface area contributed by atoms with Gasteiger partial charge in [-0.3, -0.25) is 10.7 Å². The van der Waals surface area contributed by atoms with Gasteiger partial charge in [0.15, 0.2) is 6.29 Å². The summed E-state index contributed by atoms with van der Waals surface area (Å²) >= 11 is 0. The summed E-state index contributed by atoms with van der Waals surface area (Å²) < 4.78 is 1.42. The van der Waals surface area contributed by atoms with Crippen molar-refractivity contribution in [2.24, 2.45) is 10.7 Å². The van der Waals surface area contributed by atoms with Crippen LogP contribution in [0.3, 0.4) is 0 Å². The van der Waals surface area contributed by atoms with Gasteiger partial charge >= 0.3 is 0 Å². The molecular formula is C15H15N5O2. The maximum atomic E-state index is 12.3. The van der Waals surface area contributed by atoms with E-state index in [0.717, 1.165) is 10.3 Å². The standard InChI is InChI=1S/C15H15N5O2/c1-18-9-11(8-17-15(18)16)6-7-12-10-19(21)13-4-2-3-5-14(13)20(12)22/h2-10,15H,16H2,1H3/b7-6+. The van der Waals surface area contributed by atoms with Gasteiger partial charge in [0.05, 0.1) is 4.43 Å². The molecule has 2 aromatic rings. The van der Waals surface area contributed by atoms with E-state index in [1.807, 2.05) is 13.2 Å². The Balaban J connectivity index is 2.00. The van der Waals surface area contributed by atoms with Gasteiger partial charge in [0.2, 0.25) is 0 Å². The lowest BCUT2D eigenvalue weighted by Gasteiger charge is -2.22. The van der Waals surface area contributed by atoms with Gasteiger partial charge in [-0.25, -0.2) is 0 Å². The van der Waals surface area contributed by atoms with Crippen molar-refractivity contribution in [1.29, 1.82) is 0 Å². The van der Waals surface area contributed by atoms with Gasteiger partial charge in [-0.1, -0.05) is 12.1 Å². The molecule has 0 bridgehead atoms. The van der Waals surface area contributed by atoms with Crippen LogP contribution in [0.5, 0.6) is 0 Å². The Kier molecular flexibility index (Phi) is 3.48. The first-order valence-corrected chi connectivity index (χ1v) is 6.71. The van der Waals surface area contributed by atoms with Crippen molar-refractivity contribution < 1.29 is 4.43 Å². The molecule has 1 atom stereocenters. The van der Waals surface area contributed by atoms with Crippen LogP contribution >= 0.6 is 0 Å². The minimum Gasteiger partial charge on any atom is -0.805 e. The number of hydrogen-bond donors (Lipinski definition) is 1. The Bertz CT molecular complexity index is 866. The Hall–Kier alpha value is -2.93. The molecule has 0 fully saturated rings. The van der Waals surface area contributed by atoms with Crippen molar-refractivity contribution >= 4 is 23.3 Å². The van der Waals surface area contributed by atoms with Crippen molar-refractivity contribution in [3.63, 3.8) is 0 Å². The summed E-state index contributed by atoms with van der Waals surface area (Å²) in [5.74, 6) is 0. The second-order valence-corrected chi connectivity index (χ2v) is 4.98. The van der Waals surface area contributed by atoms with Crippen molar-refractivity contribution in [3.05, 3.63) is 64.1 Å². The fourth-order valence-corrected chi connectivity index (χ4v) is 2.19. The number of allylic oxidation sites excluding steroid dienone is 2. The smallest absolute Gasteiger partial charge is 0.286 e. The van der Waals surface area contributed by atoms with Crippen molar-refractivity contribution in [3.8, 4) is 0 Å². The molecule has 0 radical (unpaired) electrons. The molecule has 1 unspecified atom stereocenters. The van der Waals surface area contributed by atoms with E-state index in [1.165, 1.54) is 6.20 Å². The molecule has 1 aliphatic rings. The lowest BCUT2D eigenvalue weighted by atomic mass is 10.2. The average molecular weight is 297 g/mol. The van der Waals surface area contributed by atoms with Gasteiger partial charge in [0.25, 0.3) is 11.7 Å². The third-order valence-corrected chi connectivity index (χ3v) is 3.41. The quantitative estimate of drug-likeness (QED) is 0.839. The minimum absolute atomic E-state index is 0.250. The van der Waals surface area contributed by atoms with Crippen LogP contribution in [0.4, 0.5) is 0 Å². The van der Waals surface area contributed by atoms with Crippen LogP contribution in [0.2, 0.25) is 0 Å². The number of aliphatic imine (C=N–C) groups is 1. The van der Waals surface area contributed by atoms with Crippen LogP contribution in [0.25, 0.3) is 17.1 Å². The Morgan fingerprint density at radius 1 is 1.36 bits per heavy atom. The van der Waals surface area contributed by atoms with Crippen LogP contribution in [0.1, 0.15) is 5.69 Å². The zero-order valence-electron chi connectivity index (χ0n) is 12.0. The normalized spacial score (nSPS) is 18.2. The molecule has 2 N–H and O–H groups in total. The first kappa shape index (κ1) is 14.0. The van der Waals surface area contributed by atoms with Crippen LogP contribution in [-0.4, -0.2) is 29.2 Å². The van der Waals surface area contributed by atoms with Crippen molar-refractivity contribution in [1.82, 2.24) is 9.63 Å². The van der Waals surface area contributed by atoms with Crippen LogP contribution in [-0.2, 0) is 0 Å². The number of para-hydroxylation sites is 2. The third-order valence-electron chi connectivity index (χ3n) is 3.41. The second-order valence-electron chi connectivity index (χ2n) is 4.98. The molecule has 2 heterocycles. The van der Waals surface area contributed by atoms with Gasteiger partial charge in [-0.2, -0.15) is 0 Å². The van der Waals surface area contributed by atoms with Gasteiger partial charge < -0.3 is 14.8 Å². The number of hydrogen-bond acceptors (Lipinski definition) is 5. The van der Waals surface area contributed by atoms with E-state index in [2.05, 4.69) is 4.99 Å². The van der Waals surface area contributed by atoms with Crippen LogP contribution in [0, 0.1) is 10.1 Å². The molecule has 7 nitrogen and oxygen atoms in total. The number of rotatable bonds is 2. The fourth-order valence-electron chi connectivity index (χ4n) is 2.19. The maximum Gasteiger partial charge on any atom is 0.286 e. The molecule has 3 rings (SSSR count). The number of aromatic nitrogens is 2. The summed E-state index contributed by atoms with van der Waals surface area (Å²) in [6.45, 7) is 0. The number of nitrogens with zero attached hydrogens (tertiary/aromatic N) is 4. The number of benzene rings is 1. The van der Waals surface area contributed by atoms with E-state index >= 15 is 0 Å². The van der Waals surface area contributed by atoms with E-state index < -0.39 is 6.29 Å². The Morgan fingerprint density at radius 3 is 2.91 bits per heavy atom. The van der Waals surface area contributed by atoms with Gasteiger partial charge in [0, 0.05) is 36.0 Å². The molecule has 0 aliphatic carbocycles. The molecule has 112 valence electrons. The molecule has 0 saturated carbocycles. The number of fused-ring (bicyclic) bond motifs is 1. The summed E-state index contributed by atoms with van der Waals surface area (Å²) in [5.41, 5.74) is 7.41. The van der Waals surface area contributed by atoms with Gasteiger partial charge in [-0.05, 0) is 18.2 Å². The summed E-state index contributed by atoms with van der Waals surface area (Å²) in [5, 5.41) is 12.3. The molecule has 0 amide bonds. The zero-order chi connectivity index (χ0) is 15.7. The molecular weight excluding hydrogens is 282 g/mol. The van der Waals surface area contributed by atoms with E-state index in [9.17, 15) is 10.1 Å². The van der Waals surface area contributed by atoms with Gasteiger partial charge in [0.1, 0.15) is 11.2 Å². The first-order chi connectivity index (χ1) is 10.6. The van der Waals surface area contributed by atoms with E-state index in [0.29, 0.717) is 15.5 Å². The van der Waals surface area contributed by atoms with E-state index in [-0.39, 0.29) is 5.69 Å². The summed E-state index contributed by atoms with van der Waals surface area (Å²) in [7, 11) is 1.81. The average Bonchev–Trinajstić information content (AvgIpc) is 2.53. The molecule has 1 aliphatic heterocycles. The third kappa shape index (κ3) is 2.49. The minimum atomic E-state index is -0.397. The van der Waals surface area contributed by atoms with Crippen LogP contribution in [0.15, 0.2) is 53.3 Å². The Labute approximate surface area is 126 Å². The largest absolute Gasteiger partial charge is 0.805 e. The highest BCUT2D eigenvalue weighted by Gasteiger charge is 2.10. The molecule has 0 spiro atoms. The monoisotopic (exact) mass is 297 g/mol. The summed E-state index contributed by atoms with van der Waals surface area (Å²) in [6.07, 6.45) is 7.59. The lowest BCUT2D eigenvalue weighted by molar-refractivity contribution is -0.464. The molecule has 1 aromatic heterocycles. The fraction of sp³-hybridized carbons (Fsp3) is 0.133. The predicted octanol–water partition coefficient (Wildman–Crippen LogP) is 1.06. The highest BCUT2D eigenvalue weighted by molar-refractivity contribution is 5.85. The zero-order valence-corrected chi connectivity index (χ0v) is 12.0. The SMILES string of the molecule is CN1C=C(/C=C/c2c[n+](=O)c3ccccc3n2[O-])C=NC1N. The molecule has 22 heavy (non-hydrogen) atoms. The summed E-state index contributed by atoms with van der Waals surface area (Å²) in [6, 6.07) is 6.66. The number of nitrogens with two attached hydrogens (primary N) is 1. The summed E-state index contributed by atoms with van der Waals surface area (Å²) in [4.78, 5) is 17.8. The molecule has 7 heteroatoms. The van der Waals surface area contributed by atoms with Crippen molar-refractivity contribution in [2.45, 2.75) is 6.29 Å². The van der Waals surface area contributed by atoms with E-state index in [1.54, 1.807) is 47.5 Å². The highest BCUT2D eigenvalue weighted by atomic mass is 16.5. The topological polar surface area (TPSA) is 92.6 Å².